The summed E-state index contributed by atoms with van der Waals surface area (Å²) in [6.07, 6.45) is 1.81. The Morgan fingerprint density at radius 1 is 0.971 bits per heavy atom. The predicted molar refractivity (Wildman–Crippen MR) is 133 cm³/mol. The standard InChI is InChI=1S/C26H29N3O4S/c1-19(2)16-25(29-34(31,32)24-14-12-20(3)13-15-24)26(30)28-27-18-21-8-7-11-23(17-21)33-22-9-5-4-6-10-22/h4-15,17-19,25,29H,16H2,1-3H3,(H,28,30)/b27-18-/t25-/m0/s1. The lowest BCUT2D eigenvalue weighted by Crippen LogP contribution is -2.46. The summed E-state index contributed by atoms with van der Waals surface area (Å²) in [5.74, 6) is 0.900. The maximum atomic E-state index is 12.8. The van der Waals surface area contributed by atoms with E-state index in [9.17, 15) is 13.2 Å². The molecule has 0 bridgehead atoms. The van der Waals surface area contributed by atoms with Crippen LogP contribution < -0.4 is 14.9 Å². The normalized spacial score (nSPS) is 12.6. The fraction of sp³-hybridized carbons (Fsp3) is 0.231. The molecule has 34 heavy (non-hydrogen) atoms. The van der Waals surface area contributed by atoms with E-state index in [2.05, 4.69) is 15.2 Å². The van der Waals surface area contributed by atoms with Gasteiger partial charge in [0, 0.05) is 0 Å². The smallest absolute Gasteiger partial charge is 0.258 e. The summed E-state index contributed by atoms with van der Waals surface area (Å²) in [7, 11) is -3.86. The number of carbonyl (C=O) groups is 1. The van der Waals surface area contributed by atoms with Crippen molar-refractivity contribution >= 4 is 22.1 Å². The van der Waals surface area contributed by atoms with Gasteiger partial charge in [-0.25, -0.2) is 13.8 Å². The summed E-state index contributed by atoms with van der Waals surface area (Å²) in [6.45, 7) is 5.71. The van der Waals surface area contributed by atoms with Crippen molar-refractivity contribution in [3.8, 4) is 11.5 Å². The number of rotatable bonds is 10. The maximum absolute atomic E-state index is 12.8. The Morgan fingerprint density at radius 2 is 1.65 bits per heavy atom. The second-order valence-electron chi connectivity index (χ2n) is 8.34. The van der Waals surface area contributed by atoms with Crippen molar-refractivity contribution in [2.45, 2.75) is 38.1 Å². The molecule has 8 heteroatoms. The van der Waals surface area contributed by atoms with Gasteiger partial charge in [0.2, 0.25) is 10.0 Å². The number of hydrogen-bond acceptors (Lipinski definition) is 5. The number of nitrogens with zero attached hydrogens (tertiary/aromatic N) is 1. The predicted octanol–water partition coefficient (Wildman–Crippen LogP) is 4.63. The number of benzene rings is 3. The molecule has 0 aliphatic carbocycles. The number of hydrazone groups is 1. The number of hydrogen-bond donors (Lipinski definition) is 2. The van der Waals surface area contributed by atoms with Crippen LogP contribution in [0, 0.1) is 12.8 Å². The Balaban J connectivity index is 1.66. The molecule has 3 aromatic carbocycles. The molecule has 0 aliphatic rings. The highest BCUT2D eigenvalue weighted by Crippen LogP contribution is 2.21. The molecule has 0 unspecified atom stereocenters. The molecule has 0 radical (unpaired) electrons. The lowest BCUT2D eigenvalue weighted by atomic mass is 10.0. The number of nitrogens with one attached hydrogen (secondary N) is 2. The summed E-state index contributed by atoms with van der Waals surface area (Å²) in [4.78, 5) is 12.9. The number of para-hydroxylation sites is 1. The zero-order chi connectivity index (χ0) is 24.6. The van der Waals surface area contributed by atoms with E-state index in [0.29, 0.717) is 17.9 Å². The van der Waals surface area contributed by atoms with E-state index < -0.39 is 22.0 Å². The Hall–Kier alpha value is -3.49. The third-order valence-corrected chi connectivity index (χ3v) is 6.37. The Labute approximate surface area is 200 Å². The highest BCUT2D eigenvalue weighted by molar-refractivity contribution is 7.89. The molecular weight excluding hydrogens is 450 g/mol. The van der Waals surface area contributed by atoms with E-state index in [-0.39, 0.29) is 10.8 Å². The van der Waals surface area contributed by atoms with Crippen LogP contribution in [0.4, 0.5) is 0 Å². The molecule has 0 heterocycles. The molecule has 2 N–H and O–H groups in total. The largest absolute Gasteiger partial charge is 0.457 e. The van der Waals surface area contributed by atoms with Gasteiger partial charge in [-0.15, -0.1) is 0 Å². The van der Waals surface area contributed by atoms with Crippen LogP contribution in [-0.2, 0) is 14.8 Å². The maximum Gasteiger partial charge on any atom is 0.258 e. The van der Waals surface area contributed by atoms with Gasteiger partial charge in [0.05, 0.1) is 11.1 Å². The Bertz CT molecular complexity index is 1220. The molecule has 0 fully saturated rings. The van der Waals surface area contributed by atoms with Crippen LogP contribution in [0.1, 0.15) is 31.4 Å². The van der Waals surface area contributed by atoms with Gasteiger partial charge in [0.1, 0.15) is 17.5 Å². The lowest BCUT2D eigenvalue weighted by molar-refractivity contribution is -0.123. The number of carbonyl (C=O) groups excluding carboxylic acids is 1. The molecule has 0 aliphatic heterocycles. The van der Waals surface area contributed by atoms with E-state index in [1.165, 1.54) is 18.3 Å². The number of aryl methyl sites for hydroxylation is 1. The zero-order valence-corrected chi connectivity index (χ0v) is 20.2. The van der Waals surface area contributed by atoms with E-state index in [4.69, 9.17) is 4.74 Å². The minimum atomic E-state index is -3.86. The molecule has 1 atom stereocenters. The van der Waals surface area contributed by atoms with Gasteiger partial charge in [0.25, 0.3) is 5.91 Å². The molecule has 0 saturated heterocycles. The highest BCUT2D eigenvalue weighted by atomic mass is 32.2. The fourth-order valence-corrected chi connectivity index (χ4v) is 4.39. The quantitative estimate of drug-likeness (QED) is 0.327. The monoisotopic (exact) mass is 479 g/mol. The SMILES string of the molecule is Cc1ccc(S(=O)(=O)N[C@@H](CC(C)C)C(=O)N/N=C\c2cccc(Oc3ccccc3)c2)cc1. The number of ether oxygens (including phenoxy) is 1. The number of sulfonamides is 1. The van der Waals surface area contributed by atoms with Gasteiger partial charge in [-0.3, -0.25) is 4.79 Å². The van der Waals surface area contributed by atoms with Crippen molar-refractivity contribution in [2.75, 3.05) is 0 Å². The van der Waals surface area contributed by atoms with Gasteiger partial charge in [-0.1, -0.05) is 61.9 Å². The van der Waals surface area contributed by atoms with Crippen LogP contribution in [0.3, 0.4) is 0 Å². The molecule has 3 rings (SSSR count). The van der Waals surface area contributed by atoms with Crippen molar-refractivity contribution in [3.63, 3.8) is 0 Å². The molecule has 7 nitrogen and oxygen atoms in total. The first-order chi connectivity index (χ1) is 16.2. The average Bonchev–Trinajstić information content (AvgIpc) is 2.79. The van der Waals surface area contributed by atoms with Gasteiger partial charge < -0.3 is 4.74 Å². The van der Waals surface area contributed by atoms with Gasteiger partial charge in [-0.2, -0.15) is 9.82 Å². The minimum Gasteiger partial charge on any atom is -0.457 e. The molecule has 0 aromatic heterocycles. The van der Waals surface area contributed by atoms with Crippen LogP contribution in [0.5, 0.6) is 11.5 Å². The molecule has 178 valence electrons. The molecule has 3 aromatic rings. The van der Waals surface area contributed by atoms with Gasteiger partial charge in [0.15, 0.2) is 0 Å². The van der Waals surface area contributed by atoms with Crippen LogP contribution >= 0.6 is 0 Å². The van der Waals surface area contributed by atoms with Crippen LogP contribution in [-0.4, -0.2) is 26.6 Å². The topological polar surface area (TPSA) is 96.9 Å². The van der Waals surface area contributed by atoms with Crippen LogP contribution in [0.15, 0.2) is 88.9 Å². The Morgan fingerprint density at radius 3 is 2.32 bits per heavy atom. The summed E-state index contributed by atoms with van der Waals surface area (Å²) < 4.78 is 33.9. The van der Waals surface area contributed by atoms with Crippen molar-refractivity contribution in [2.24, 2.45) is 11.0 Å². The summed E-state index contributed by atoms with van der Waals surface area (Å²) in [5.41, 5.74) is 4.12. The molecular formula is C26H29N3O4S. The second kappa shape index (κ2) is 11.6. The molecule has 0 spiro atoms. The van der Waals surface area contributed by atoms with E-state index in [0.717, 1.165) is 11.1 Å². The van der Waals surface area contributed by atoms with E-state index >= 15 is 0 Å². The van der Waals surface area contributed by atoms with Crippen molar-refractivity contribution in [1.82, 2.24) is 10.1 Å². The third-order valence-electron chi connectivity index (χ3n) is 4.88. The van der Waals surface area contributed by atoms with Crippen LogP contribution in [0.2, 0.25) is 0 Å². The van der Waals surface area contributed by atoms with Crippen molar-refractivity contribution in [3.05, 3.63) is 90.0 Å². The first kappa shape index (κ1) is 25.1. The van der Waals surface area contributed by atoms with Crippen molar-refractivity contribution < 1.29 is 17.9 Å². The first-order valence-electron chi connectivity index (χ1n) is 11.0. The first-order valence-corrected chi connectivity index (χ1v) is 12.5. The highest BCUT2D eigenvalue weighted by Gasteiger charge is 2.26. The molecule has 0 saturated carbocycles. The summed E-state index contributed by atoms with van der Waals surface area (Å²) in [5, 5.41) is 4.02. The fourth-order valence-electron chi connectivity index (χ4n) is 3.18. The summed E-state index contributed by atoms with van der Waals surface area (Å²) >= 11 is 0. The minimum absolute atomic E-state index is 0.0901. The zero-order valence-electron chi connectivity index (χ0n) is 19.4. The Kier molecular flexibility index (Phi) is 8.56. The van der Waals surface area contributed by atoms with Crippen LogP contribution in [0.25, 0.3) is 0 Å². The molecule has 1 amide bonds. The van der Waals surface area contributed by atoms with Crippen molar-refractivity contribution in [1.29, 1.82) is 0 Å². The third kappa shape index (κ3) is 7.54. The van der Waals surface area contributed by atoms with E-state index in [1.807, 2.05) is 69.3 Å². The lowest BCUT2D eigenvalue weighted by Gasteiger charge is -2.19. The van der Waals surface area contributed by atoms with Gasteiger partial charge >= 0.3 is 0 Å². The number of amides is 1. The second-order valence-corrected chi connectivity index (χ2v) is 10.1. The average molecular weight is 480 g/mol. The van der Waals surface area contributed by atoms with E-state index in [1.54, 1.807) is 18.2 Å². The van der Waals surface area contributed by atoms with Gasteiger partial charge in [-0.05, 0) is 61.2 Å². The summed E-state index contributed by atoms with van der Waals surface area (Å²) in [6, 6.07) is 22.1.